The third-order valence-electron chi connectivity index (χ3n) is 2.68. The molecule has 0 aliphatic rings. The van der Waals surface area contributed by atoms with Crippen molar-refractivity contribution in [3.8, 4) is 6.07 Å². The number of halogens is 1. The number of nitriles is 1. The highest BCUT2D eigenvalue weighted by molar-refractivity contribution is 7.89. The van der Waals surface area contributed by atoms with Crippen LogP contribution >= 0.6 is 0 Å². The van der Waals surface area contributed by atoms with Gasteiger partial charge in [0.25, 0.3) is 0 Å². The zero-order chi connectivity index (χ0) is 14.6. The molecule has 0 saturated heterocycles. The van der Waals surface area contributed by atoms with Crippen molar-refractivity contribution in [2.75, 3.05) is 6.61 Å². The van der Waals surface area contributed by atoms with Crippen LogP contribution < -0.4 is 4.72 Å². The predicted octanol–water partition coefficient (Wildman–Crippen LogP) is 0.993. The van der Waals surface area contributed by atoms with E-state index < -0.39 is 21.9 Å². The molecule has 104 valence electrons. The van der Waals surface area contributed by atoms with Crippen molar-refractivity contribution in [2.45, 2.75) is 24.8 Å². The highest BCUT2D eigenvalue weighted by Gasteiger charge is 2.22. The number of benzene rings is 1. The Hall–Kier alpha value is -1.49. The van der Waals surface area contributed by atoms with E-state index in [0.29, 0.717) is 0 Å². The van der Waals surface area contributed by atoms with Crippen LogP contribution in [0.1, 0.15) is 19.4 Å². The summed E-state index contributed by atoms with van der Waals surface area (Å²) in [6, 6.07) is 3.91. The van der Waals surface area contributed by atoms with Crippen LogP contribution in [0.25, 0.3) is 0 Å². The van der Waals surface area contributed by atoms with Gasteiger partial charge in [-0.2, -0.15) is 5.26 Å². The van der Waals surface area contributed by atoms with Gasteiger partial charge in [-0.3, -0.25) is 0 Å². The van der Waals surface area contributed by atoms with Crippen molar-refractivity contribution in [3.05, 3.63) is 29.6 Å². The van der Waals surface area contributed by atoms with Crippen LogP contribution in [0.4, 0.5) is 4.39 Å². The first-order valence-corrected chi connectivity index (χ1v) is 7.13. The maximum atomic E-state index is 13.1. The Morgan fingerprint density at radius 3 is 2.58 bits per heavy atom. The zero-order valence-electron chi connectivity index (χ0n) is 10.6. The van der Waals surface area contributed by atoms with Gasteiger partial charge in [-0.25, -0.2) is 17.5 Å². The molecule has 2 N–H and O–H groups in total. The summed E-state index contributed by atoms with van der Waals surface area (Å²) in [6.07, 6.45) is 0. The van der Waals surface area contributed by atoms with E-state index in [4.69, 9.17) is 10.4 Å². The molecule has 0 fully saturated rings. The average Bonchev–Trinajstić information content (AvgIpc) is 2.36. The van der Waals surface area contributed by atoms with Gasteiger partial charge in [0.2, 0.25) is 10.0 Å². The second-order valence-corrected chi connectivity index (χ2v) is 6.12. The fourth-order valence-corrected chi connectivity index (χ4v) is 2.81. The van der Waals surface area contributed by atoms with Crippen LogP contribution in [-0.2, 0) is 10.0 Å². The molecule has 1 atom stereocenters. The van der Waals surface area contributed by atoms with Gasteiger partial charge in [-0.1, -0.05) is 13.8 Å². The Morgan fingerprint density at radius 1 is 1.47 bits per heavy atom. The molecule has 0 bridgehead atoms. The lowest BCUT2D eigenvalue weighted by molar-refractivity contribution is 0.227. The van der Waals surface area contributed by atoms with Crippen molar-refractivity contribution in [1.82, 2.24) is 4.72 Å². The Morgan fingerprint density at radius 2 is 2.11 bits per heavy atom. The second-order valence-electron chi connectivity index (χ2n) is 4.41. The number of sulfonamides is 1. The van der Waals surface area contributed by atoms with Gasteiger partial charge < -0.3 is 5.11 Å². The van der Waals surface area contributed by atoms with E-state index in [1.54, 1.807) is 19.9 Å². The zero-order valence-corrected chi connectivity index (χ0v) is 11.4. The van der Waals surface area contributed by atoms with Gasteiger partial charge in [-0.15, -0.1) is 0 Å². The SMILES string of the molecule is CC(C)C(CO)NS(=O)(=O)c1ccc(F)c(C#N)c1. The second kappa shape index (κ2) is 6.10. The number of aliphatic hydroxyl groups is 1. The number of hydrogen-bond donors (Lipinski definition) is 2. The van der Waals surface area contributed by atoms with Crippen molar-refractivity contribution in [3.63, 3.8) is 0 Å². The average molecular weight is 286 g/mol. The van der Waals surface area contributed by atoms with Crippen molar-refractivity contribution < 1.29 is 17.9 Å². The summed E-state index contributed by atoms with van der Waals surface area (Å²) in [6.45, 7) is 3.17. The molecule has 5 nitrogen and oxygen atoms in total. The third-order valence-corrected chi connectivity index (χ3v) is 4.16. The number of nitrogens with one attached hydrogen (secondary N) is 1. The monoisotopic (exact) mass is 286 g/mol. The van der Waals surface area contributed by atoms with E-state index in [1.807, 2.05) is 0 Å². The summed E-state index contributed by atoms with van der Waals surface area (Å²) in [4.78, 5) is -0.204. The molecule has 19 heavy (non-hydrogen) atoms. The van der Waals surface area contributed by atoms with Crippen molar-refractivity contribution in [1.29, 1.82) is 5.26 Å². The van der Waals surface area contributed by atoms with E-state index in [-0.39, 0.29) is 23.0 Å². The Kier molecular flexibility index (Phi) is 5.00. The Balaban J connectivity index is 3.11. The van der Waals surface area contributed by atoms with Gasteiger partial charge in [0, 0.05) is 6.04 Å². The summed E-state index contributed by atoms with van der Waals surface area (Å²) in [5.41, 5.74) is -0.340. The molecule has 1 aromatic rings. The molecule has 0 spiro atoms. The molecular formula is C12H15FN2O3S. The number of hydrogen-bond acceptors (Lipinski definition) is 4. The first kappa shape index (κ1) is 15.6. The van der Waals surface area contributed by atoms with Gasteiger partial charge in [0.1, 0.15) is 11.9 Å². The summed E-state index contributed by atoms with van der Waals surface area (Å²) in [5.74, 6) is -0.875. The van der Waals surface area contributed by atoms with Crippen molar-refractivity contribution in [2.24, 2.45) is 5.92 Å². The van der Waals surface area contributed by atoms with Crippen LogP contribution in [0, 0.1) is 23.1 Å². The highest BCUT2D eigenvalue weighted by atomic mass is 32.2. The van der Waals surface area contributed by atoms with E-state index in [1.165, 1.54) is 0 Å². The van der Waals surface area contributed by atoms with Gasteiger partial charge in [-0.05, 0) is 24.1 Å². The largest absolute Gasteiger partial charge is 0.395 e. The molecule has 0 aromatic heterocycles. The minimum Gasteiger partial charge on any atom is -0.395 e. The summed E-state index contributed by atoms with van der Waals surface area (Å²) in [7, 11) is -3.89. The first-order chi connectivity index (χ1) is 8.81. The summed E-state index contributed by atoms with van der Waals surface area (Å²) in [5, 5.41) is 17.8. The molecule has 0 radical (unpaired) electrons. The molecule has 0 aliphatic heterocycles. The maximum Gasteiger partial charge on any atom is 0.240 e. The smallest absolute Gasteiger partial charge is 0.240 e. The normalized spacial score (nSPS) is 13.3. The predicted molar refractivity (Wildman–Crippen MR) is 67.1 cm³/mol. The fourth-order valence-electron chi connectivity index (χ4n) is 1.41. The molecule has 1 aromatic carbocycles. The maximum absolute atomic E-state index is 13.1. The third kappa shape index (κ3) is 3.73. The Bertz CT molecular complexity index is 593. The minimum absolute atomic E-state index is 0.101. The quantitative estimate of drug-likeness (QED) is 0.844. The topological polar surface area (TPSA) is 90.2 Å². The van der Waals surface area contributed by atoms with Gasteiger partial charge in [0.15, 0.2) is 0 Å². The highest BCUT2D eigenvalue weighted by Crippen LogP contribution is 2.15. The van der Waals surface area contributed by atoms with Crippen LogP contribution in [-0.4, -0.2) is 26.2 Å². The van der Waals surface area contributed by atoms with Gasteiger partial charge in [0.05, 0.1) is 17.1 Å². The molecular weight excluding hydrogens is 271 g/mol. The minimum atomic E-state index is -3.89. The molecule has 1 rings (SSSR count). The molecule has 0 heterocycles. The van der Waals surface area contributed by atoms with E-state index >= 15 is 0 Å². The van der Waals surface area contributed by atoms with E-state index in [9.17, 15) is 12.8 Å². The summed E-state index contributed by atoms with van der Waals surface area (Å²) < 4.78 is 39.5. The lowest BCUT2D eigenvalue weighted by atomic mass is 10.1. The fraction of sp³-hybridized carbons (Fsp3) is 0.417. The number of nitrogens with zero attached hydrogens (tertiary/aromatic N) is 1. The van der Waals surface area contributed by atoms with Crippen LogP contribution in [0.5, 0.6) is 0 Å². The Labute approximate surface area is 111 Å². The molecule has 7 heteroatoms. The lowest BCUT2D eigenvalue weighted by Gasteiger charge is -2.19. The van der Waals surface area contributed by atoms with Gasteiger partial charge >= 0.3 is 0 Å². The van der Waals surface area contributed by atoms with E-state index in [0.717, 1.165) is 18.2 Å². The molecule has 0 aliphatic carbocycles. The lowest BCUT2D eigenvalue weighted by Crippen LogP contribution is -2.41. The van der Waals surface area contributed by atoms with Crippen LogP contribution in [0.2, 0.25) is 0 Å². The van der Waals surface area contributed by atoms with Crippen LogP contribution in [0.15, 0.2) is 23.1 Å². The molecule has 0 saturated carbocycles. The van der Waals surface area contributed by atoms with E-state index in [2.05, 4.69) is 4.72 Å². The molecule has 0 amide bonds. The first-order valence-electron chi connectivity index (χ1n) is 5.64. The number of rotatable bonds is 5. The molecule has 1 unspecified atom stereocenters. The summed E-state index contributed by atoms with van der Waals surface area (Å²) >= 11 is 0. The van der Waals surface area contributed by atoms with Crippen molar-refractivity contribution >= 4 is 10.0 Å². The number of aliphatic hydroxyl groups excluding tert-OH is 1. The standard InChI is InChI=1S/C12H15FN2O3S/c1-8(2)12(7-16)15-19(17,18)10-3-4-11(13)9(5-10)6-14/h3-5,8,12,15-16H,7H2,1-2H3. The van der Waals surface area contributed by atoms with Crippen LogP contribution in [0.3, 0.4) is 0 Å².